The lowest BCUT2D eigenvalue weighted by Crippen LogP contribution is -2.42. The minimum Gasteiger partial charge on any atom is -0.468 e. The fraction of sp³-hybridized carbons (Fsp3) is 0.462. The molecule has 2 rings (SSSR count). The number of methoxy groups -OCH3 is 2. The van der Waals surface area contributed by atoms with Crippen molar-refractivity contribution in [3.63, 3.8) is 0 Å². The number of pyridine rings is 1. The first-order valence-electron chi connectivity index (χ1n) is 5.65. The van der Waals surface area contributed by atoms with Gasteiger partial charge in [-0.3, -0.25) is 14.6 Å². The van der Waals surface area contributed by atoms with Gasteiger partial charge in [-0.25, -0.2) is 0 Å². The van der Waals surface area contributed by atoms with Crippen LogP contribution in [-0.4, -0.2) is 31.1 Å². The van der Waals surface area contributed by atoms with Crippen molar-refractivity contribution in [2.45, 2.75) is 19.8 Å². The SMILES string of the molecule is COC(=O)C1(C(=O)OC)Cc2cnc(C)cc2C1. The average Bonchev–Trinajstić information content (AvgIpc) is 2.76. The number of ether oxygens (including phenoxy) is 2. The lowest BCUT2D eigenvalue weighted by Gasteiger charge is -2.22. The zero-order valence-corrected chi connectivity index (χ0v) is 10.6. The maximum Gasteiger partial charge on any atom is 0.323 e. The third-order valence-electron chi connectivity index (χ3n) is 3.36. The average molecular weight is 249 g/mol. The van der Waals surface area contributed by atoms with Crippen molar-refractivity contribution >= 4 is 11.9 Å². The minimum absolute atomic E-state index is 0.287. The molecule has 0 radical (unpaired) electrons. The summed E-state index contributed by atoms with van der Waals surface area (Å²) in [5.41, 5.74) is 1.47. The van der Waals surface area contributed by atoms with Crippen LogP contribution in [0.1, 0.15) is 16.8 Å². The second-order valence-corrected chi connectivity index (χ2v) is 4.51. The first-order valence-corrected chi connectivity index (χ1v) is 5.65. The van der Waals surface area contributed by atoms with Gasteiger partial charge in [-0.05, 0) is 30.5 Å². The van der Waals surface area contributed by atoms with Gasteiger partial charge < -0.3 is 9.47 Å². The van der Waals surface area contributed by atoms with Crippen molar-refractivity contribution < 1.29 is 19.1 Å². The number of aromatic nitrogens is 1. The van der Waals surface area contributed by atoms with Crippen LogP contribution < -0.4 is 0 Å². The molecular formula is C13H15NO4. The summed E-state index contributed by atoms with van der Waals surface area (Å²) in [5.74, 6) is -1.11. The minimum atomic E-state index is -1.25. The Morgan fingerprint density at radius 2 is 1.72 bits per heavy atom. The lowest BCUT2D eigenvalue weighted by atomic mass is 9.85. The van der Waals surface area contributed by atoms with Gasteiger partial charge in [0.1, 0.15) is 0 Å². The molecule has 1 aliphatic rings. The molecule has 0 aliphatic heterocycles. The highest BCUT2D eigenvalue weighted by molar-refractivity contribution is 6.01. The smallest absolute Gasteiger partial charge is 0.323 e. The van der Waals surface area contributed by atoms with E-state index >= 15 is 0 Å². The molecular weight excluding hydrogens is 234 g/mol. The summed E-state index contributed by atoms with van der Waals surface area (Å²) in [6.07, 6.45) is 2.30. The molecule has 96 valence electrons. The summed E-state index contributed by atoms with van der Waals surface area (Å²) >= 11 is 0. The first kappa shape index (κ1) is 12.5. The standard InChI is InChI=1S/C13H15NO4/c1-8-4-9-5-13(11(15)17-2,12(16)18-3)6-10(9)7-14-8/h4,7H,5-6H2,1-3H3. The van der Waals surface area contributed by atoms with E-state index in [4.69, 9.17) is 9.47 Å². The van der Waals surface area contributed by atoms with Crippen molar-refractivity contribution in [3.05, 3.63) is 29.1 Å². The highest BCUT2D eigenvalue weighted by Gasteiger charge is 2.52. The zero-order chi connectivity index (χ0) is 13.3. The number of esters is 2. The predicted molar refractivity (Wildman–Crippen MR) is 62.8 cm³/mol. The van der Waals surface area contributed by atoms with Gasteiger partial charge in [-0.2, -0.15) is 0 Å². The summed E-state index contributed by atoms with van der Waals surface area (Å²) in [5, 5.41) is 0. The molecule has 0 saturated carbocycles. The van der Waals surface area contributed by atoms with Crippen molar-refractivity contribution in [2.75, 3.05) is 14.2 Å². The molecule has 0 saturated heterocycles. The van der Waals surface area contributed by atoms with Crippen LogP contribution in [0.15, 0.2) is 12.3 Å². The molecule has 5 nitrogen and oxygen atoms in total. The van der Waals surface area contributed by atoms with Gasteiger partial charge in [0.05, 0.1) is 14.2 Å². The number of nitrogens with zero attached hydrogens (tertiary/aromatic N) is 1. The largest absolute Gasteiger partial charge is 0.468 e. The maximum absolute atomic E-state index is 11.9. The Balaban J connectivity index is 2.43. The number of carbonyl (C=O) groups is 2. The molecule has 0 atom stereocenters. The van der Waals surface area contributed by atoms with Crippen LogP contribution in [0.3, 0.4) is 0 Å². The van der Waals surface area contributed by atoms with Crippen LogP contribution in [0.4, 0.5) is 0 Å². The molecule has 1 aliphatic carbocycles. The van der Waals surface area contributed by atoms with Crippen LogP contribution in [-0.2, 0) is 31.9 Å². The number of hydrogen-bond donors (Lipinski definition) is 0. The van der Waals surface area contributed by atoms with E-state index in [9.17, 15) is 9.59 Å². The molecule has 0 amide bonds. The Morgan fingerprint density at radius 1 is 1.17 bits per heavy atom. The molecule has 0 bridgehead atoms. The van der Waals surface area contributed by atoms with E-state index in [1.165, 1.54) is 14.2 Å². The van der Waals surface area contributed by atoms with Crippen LogP contribution in [0.5, 0.6) is 0 Å². The van der Waals surface area contributed by atoms with E-state index in [1.807, 2.05) is 13.0 Å². The highest BCUT2D eigenvalue weighted by Crippen LogP contribution is 2.39. The van der Waals surface area contributed by atoms with Gasteiger partial charge in [0.2, 0.25) is 0 Å². The third-order valence-corrected chi connectivity index (χ3v) is 3.36. The Hall–Kier alpha value is -1.91. The molecule has 1 heterocycles. The Bertz CT molecular complexity index is 494. The second-order valence-electron chi connectivity index (χ2n) is 4.51. The zero-order valence-electron chi connectivity index (χ0n) is 10.6. The number of rotatable bonds is 2. The first-order chi connectivity index (χ1) is 8.53. The van der Waals surface area contributed by atoms with Crippen molar-refractivity contribution in [2.24, 2.45) is 5.41 Å². The predicted octanol–water partition coefficient (Wildman–Crippen LogP) is 0.821. The Morgan fingerprint density at radius 3 is 2.28 bits per heavy atom. The van der Waals surface area contributed by atoms with Crippen molar-refractivity contribution in [1.82, 2.24) is 4.98 Å². The van der Waals surface area contributed by atoms with E-state index < -0.39 is 17.4 Å². The molecule has 0 fully saturated rings. The molecule has 0 unspecified atom stereocenters. The number of fused-ring (bicyclic) bond motifs is 1. The Labute approximate surface area is 105 Å². The molecule has 0 N–H and O–H groups in total. The van der Waals surface area contributed by atoms with E-state index in [0.29, 0.717) is 6.42 Å². The summed E-state index contributed by atoms with van der Waals surface area (Å²) in [6.45, 7) is 1.87. The number of hydrogen-bond acceptors (Lipinski definition) is 5. The second kappa shape index (κ2) is 4.40. The summed E-state index contributed by atoms with van der Waals surface area (Å²) in [7, 11) is 2.55. The number of aryl methyl sites for hydroxylation is 1. The molecule has 0 spiro atoms. The van der Waals surface area contributed by atoms with E-state index in [2.05, 4.69) is 4.98 Å². The summed E-state index contributed by atoms with van der Waals surface area (Å²) in [6, 6.07) is 1.89. The summed E-state index contributed by atoms with van der Waals surface area (Å²) in [4.78, 5) is 28.1. The summed E-state index contributed by atoms with van der Waals surface area (Å²) < 4.78 is 9.52. The van der Waals surface area contributed by atoms with Gasteiger partial charge in [-0.1, -0.05) is 0 Å². The maximum atomic E-state index is 11.9. The van der Waals surface area contributed by atoms with Gasteiger partial charge >= 0.3 is 11.9 Å². The van der Waals surface area contributed by atoms with Crippen LogP contribution >= 0.6 is 0 Å². The lowest BCUT2D eigenvalue weighted by molar-refractivity contribution is -0.168. The monoisotopic (exact) mass is 249 g/mol. The molecule has 0 aromatic carbocycles. The van der Waals surface area contributed by atoms with Gasteiger partial charge in [-0.15, -0.1) is 0 Å². The quantitative estimate of drug-likeness (QED) is 0.573. The molecule has 5 heteroatoms. The van der Waals surface area contributed by atoms with Crippen molar-refractivity contribution in [3.8, 4) is 0 Å². The normalized spacial score (nSPS) is 15.9. The topological polar surface area (TPSA) is 65.5 Å². The van der Waals surface area contributed by atoms with Crippen LogP contribution in [0.2, 0.25) is 0 Å². The van der Waals surface area contributed by atoms with Crippen LogP contribution in [0.25, 0.3) is 0 Å². The van der Waals surface area contributed by atoms with E-state index in [0.717, 1.165) is 16.8 Å². The number of carbonyl (C=O) groups excluding carboxylic acids is 2. The highest BCUT2D eigenvalue weighted by atomic mass is 16.5. The van der Waals surface area contributed by atoms with Crippen molar-refractivity contribution in [1.29, 1.82) is 0 Å². The van der Waals surface area contributed by atoms with Crippen LogP contribution in [0, 0.1) is 12.3 Å². The van der Waals surface area contributed by atoms with E-state index in [-0.39, 0.29) is 6.42 Å². The Kier molecular flexibility index (Phi) is 3.07. The molecule has 1 aromatic heterocycles. The van der Waals surface area contributed by atoms with Gasteiger partial charge in [0, 0.05) is 18.3 Å². The fourth-order valence-electron chi connectivity index (χ4n) is 2.44. The fourth-order valence-corrected chi connectivity index (χ4v) is 2.44. The van der Waals surface area contributed by atoms with Gasteiger partial charge in [0.15, 0.2) is 5.41 Å². The molecule has 1 aromatic rings. The molecule has 18 heavy (non-hydrogen) atoms. The van der Waals surface area contributed by atoms with E-state index in [1.54, 1.807) is 6.20 Å². The third kappa shape index (κ3) is 1.75. The van der Waals surface area contributed by atoms with Gasteiger partial charge in [0.25, 0.3) is 0 Å².